The average molecular weight is 260 g/mol. The molecule has 1 aliphatic rings. The fourth-order valence-corrected chi connectivity index (χ4v) is 1.81. The van der Waals surface area contributed by atoms with Crippen molar-refractivity contribution in [2.45, 2.75) is 46.1 Å². The summed E-state index contributed by atoms with van der Waals surface area (Å²) in [5.74, 6) is 3.50. The van der Waals surface area contributed by atoms with Crippen LogP contribution in [0.5, 0.6) is 0 Å². The maximum absolute atomic E-state index is 9.75. The van der Waals surface area contributed by atoms with E-state index < -0.39 is 7.25 Å². The molecule has 17 heavy (non-hydrogen) atoms. The molecule has 0 atom stereocenters. The van der Waals surface area contributed by atoms with Crippen molar-refractivity contribution in [2.24, 2.45) is 5.41 Å². The number of quaternary nitrogens is 1. The SMILES string of the molecule is CC1(C)CCCN(O[NH3+])C1(C)C.F[B-](F)(F)F. The molecule has 3 nitrogen and oxygen atoms in total. The topological polar surface area (TPSA) is 40.1 Å². The van der Waals surface area contributed by atoms with Crippen LogP contribution in [0, 0.1) is 5.41 Å². The Morgan fingerprint density at radius 3 is 1.82 bits per heavy atom. The number of hydrogen-bond acceptors (Lipinski definition) is 2. The van der Waals surface area contributed by atoms with Crippen molar-refractivity contribution in [3.63, 3.8) is 0 Å². The lowest BCUT2D eigenvalue weighted by Crippen LogP contribution is -2.66. The van der Waals surface area contributed by atoms with Crippen LogP contribution in [0.4, 0.5) is 17.3 Å². The molecule has 1 rings (SSSR count). The molecule has 0 unspecified atom stereocenters. The fraction of sp³-hybridized carbons (Fsp3) is 1.00. The van der Waals surface area contributed by atoms with E-state index >= 15 is 0 Å². The van der Waals surface area contributed by atoms with Crippen LogP contribution in [0.25, 0.3) is 0 Å². The van der Waals surface area contributed by atoms with E-state index in [9.17, 15) is 17.3 Å². The first-order valence-electron chi connectivity index (χ1n) is 5.49. The third-order valence-electron chi connectivity index (χ3n) is 3.60. The Kier molecular flexibility index (Phi) is 5.43. The van der Waals surface area contributed by atoms with E-state index in [1.54, 1.807) is 0 Å². The van der Waals surface area contributed by atoms with E-state index in [-0.39, 0.29) is 5.54 Å². The van der Waals surface area contributed by atoms with E-state index in [1.807, 2.05) is 5.06 Å². The van der Waals surface area contributed by atoms with Crippen molar-refractivity contribution < 1.29 is 28.1 Å². The second-order valence-corrected chi connectivity index (χ2v) is 5.27. The molecule has 0 aromatic carbocycles. The van der Waals surface area contributed by atoms with E-state index in [0.29, 0.717) is 5.41 Å². The van der Waals surface area contributed by atoms with E-state index in [0.717, 1.165) is 6.54 Å². The average Bonchev–Trinajstić information content (AvgIpc) is 2.07. The monoisotopic (exact) mass is 260 g/mol. The minimum Gasteiger partial charge on any atom is -0.418 e. The quantitative estimate of drug-likeness (QED) is 0.446. The molecule has 1 saturated heterocycles. The van der Waals surface area contributed by atoms with Gasteiger partial charge in [-0.2, -0.15) is 5.90 Å². The minimum absolute atomic E-state index is 0.0903. The maximum Gasteiger partial charge on any atom is 0.673 e. The molecule has 1 fully saturated rings. The zero-order valence-corrected chi connectivity index (χ0v) is 10.8. The lowest BCUT2D eigenvalue weighted by Gasteiger charge is -2.50. The van der Waals surface area contributed by atoms with Crippen molar-refractivity contribution in [1.29, 1.82) is 0 Å². The van der Waals surface area contributed by atoms with Gasteiger partial charge in [-0.15, -0.1) is 10.0 Å². The summed E-state index contributed by atoms with van der Waals surface area (Å²) in [6, 6.07) is 0. The largest absolute Gasteiger partial charge is 0.673 e. The predicted molar refractivity (Wildman–Crippen MR) is 58.0 cm³/mol. The van der Waals surface area contributed by atoms with Gasteiger partial charge in [0.15, 0.2) is 0 Å². The van der Waals surface area contributed by atoms with E-state index in [1.165, 1.54) is 12.8 Å². The molecule has 104 valence electrons. The van der Waals surface area contributed by atoms with Gasteiger partial charge in [0, 0.05) is 6.54 Å². The third-order valence-corrected chi connectivity index (χ3v) is 3.60. The second-order valence-electron chi connectivity index (χ2n) is 5.27. The maximum atomic E-state index is 9.75. The zero-order valence-electron chi connectivity index (χ0n) is 10.8. The van der Waals surface area contributed by atoms with Crippen LogP contribution in [0.3, 0.4) is 0 Å². The molecule has 0 amide bonds. The Morgan fingerprint density at radius 1 is 1.12 bits per heavy atom. The Bertz CT molecular complexity index is 240. The van der Waals surface area contributed by atoms with E-state index in [2.05, 4.69) is 33.6 Å². The summed E-state index contributed by atoms with van der Waals surface area (Å²) in [6.45, 7) is 10.0. The summed E-state index contributed by atoms with van der Waals surface area (Å²) in [6.07, 6.45) is 2.46. The normalized spacial score (nSPS) is 23.8. The van der Waals surface area contributed by atoms with Crippen molar-refractivity contribution in [2.75, 3.05) is 6.54 Å². The molecule has 0 radical (unpaired) electrons. The lowest BCUT2D eigenvalue weighted by atomic mass is 9.69. The molecule has 8 heteroatoms. The molecule has 1 aliphatic heterocycles. The van der Waals surface area contributed by atoms with Gasteiger partial charge in [-0.3, -0.25) is 0 Å². The zero-order chi connectivity index (χ0) is 13.9. The number of hydroxylamine groups is 2. The van der Waals surface area contributed by atoms with Crippen LogP contribution in [-0.2, 0) is 4.94 Å². The summed E-state index contributed by atoms with van der Waals surface area (Å²) < 4.78 is 39.0. The predicted octanol–water partition coefficient (Wildman–Crippen LogP) is 2.28. The summed E-state index contributed by atoms with van der Waals surface area (Å²) >= 11 is 0. The summed E-state index contributed by atoms with van der Waals surface area (Å²) in [4.78, 5) is 5.13. The minimum atomic E-state index is -6.00. The molecule has 0 aliphatic carbocycles. The smallest absolute Gasteiger partial charge is 0.418 e. The Morgan fingerprint density at radius 2 is 1.53 bits per heavy atom. The van der Waals surface area contributed by atoms with Crippen LogP contribution >= 0.6 is 0 Å². The highest BCUT2D eigenvalue weighted by atomic mass is 19.5. The first kappa shape index (κ1) is 16.7. The number of rotatable bonds is 1. The highest BCUT2D eigenvalue weighted by molar-refractivity contribution is 6.50. The number of piperidine rings is 1. The van der Waals surface area contributed by atoms with Gasteiger partial charge >= 0.3 is 7.25 Å². The summed E-state index contributed by atoms with van der Waals surface area (Å²) in [7, 11) is -6.00. The molecule has 0 aromatic heterocycles. The standard InChI is InChI=1S/C9H21N2O.BF4/c1-8(2)6-5-7-11(12-10)9(8,3)4;2-1(3,4)5/h5-7H2,1-4,10H3;/q+1;-1. The van der Waals surface area contributed by atoms with Crippen LogP contribution < -0.4 is 5.90 Å². The molecule has 0 bridgehead atoms. The van der Waals surface area contributed by atoms with Gasteiger partial charge in [-0.1, -0.05) is 13.8 Å². The van der Waals surface area contributed by atoms with Crippen LogP contribution in [0.15, 0.2) is 0 Å². The second kappa shape index (κ2) is 5.54. The molecule has 1 heterocycles. The van der Waals surface area contributed by atoms with E-state index in [4.69, 9.17) is 4.94 Å². The van der Waals surface area contributed by atoms with Crippen LogP contribution in [-0.4, -0.2) is 24.4 Å². The number of nitrogens with zero attached hydrogens (tertiary/aromatic N) is 1. The molecular weight excluding hydrogens is 239 g/mol. The highest BCUT2D eigenvalue weighted by Crippen LogP contribution is 2.42. The van der Waals surface area contributed by atoms with Crippen LogP contribution in [0.1, 0.15) is 40.5 Å². The van der Waals surface area contributed by atoms with Gasteiger partial charge in [0.25, 0.3) is 0 Å². The highest BCUT2D eigenvalue weighted by Gasteiger charge is 2.45. The number of halogens is 4. The van der Waals surface area contributed by atoms with Crippen LogP contribution in [0.2, 0.25) is 0 Å². The Labute approximate surface area is 99.3 Å². The van der Waals surface area contributed by atoms with Crippen molar-refractivity contribution in [3.8, 4) is 0 Å². The molecular formula is C9H21BF4N2O. The number of hydrogen-bond donors (Lipinski definition) is 1. The lowest BCUT2D eigenvalue weighted by molar-refractivity contribution is -0.762. The summed E-state index contributed by atoms with van der Waals surface area (Å²) in [5.41, 5.74) is 0.399. The van der Waals surface area contributed by atoms with Crippen molar-refractivity contribution in [3.05, 3.63) is 0 Å². The molecule has 0 saturated carbocycles. The van der Waals surface area contributed by atoms with Crippen molar-refractivity contribution in [1.82, 2.24) is 5.06 Å². The molecule has 3 N–H and O–H groups in total. The first-order valence-corrected chi connectivity index (χ1v) is 5.49. The van der Waals surface area contributed by atoms with Crippen molar-refractivity contribution >= 4 is 7.25 Å². The Hall–Kier alpha value is -0.335. The van der Waals surface area contributed by atoms with Gasteiger partial charge in [-0.05, 0) is 32.1 Å². The summed E-state index contributed by atoms with van der Waals surface area (Å²) in [5, 5.41) is 2.00. The van der Waals surface area contributed by atoms with Gasteiger partial charge in [-0.25, -0.2) is 0 Å². The van der Waals surface area contributed by atoms with Gasteiger partial charge in [0.2, 0.25) is 0 Å². The Balaban J connectivity index is 0.000000437. The molecule has 0 aromatic rings. The van der Waals surface area contributed by atoms with Gasteiger partial charge < -0.3 is 17.3 Å². The van der Waals surface area contributed by atoms with Gasteiger partial charge in [0.1, 0.15) is 0 Å². The third kappa shape index (κ3) is 5.22. The first-order chi connectivity index (χ1) is 7.42. The molecule has 0 spiro atoms. The fourth-order valence-electron chi connectivity index (χ4n) is 1.81. The van der Waals surface area contributed by atoms with Gasteiger partial charge in [0.05, 0.1) is 5.54 Å².